The zero-order valence-electron chi connectivity index (χ0n) is 11.1. The summed E-state index contributed by atoms with van der Waals surface area (Å²) in [6.07, 6.45) is 5.08. The molecule has 1 aliphatic carbocycles. The highest BCUT2D eigenvalue weighted by atomic mass is 15.1. The molecule has 19 heavy (non-hydrogen) atoms. The number of benzene rings is 1. The molecule has 3 rings (SSSR count). The molecular formula is C15H18N4. The van der Waals surface area contributed by atoms with Gasteiger partial charge in [0.05, 0.1) is 0 Å². The Balaban J connectivity index is 1.78. The van der Waals surface area contributed by atoms with Crippen LogP contribution in [0.25, 0.3) is 0 Å². The summed E-state index contributed by atoms with van der Waals surface area (Å²) < 4.78 is 0. The van der Waals surface area contributed by atoms with Crippen LogP contribution in [0, 0.1) is 0 Å². The standard InChI is InChI=1S/C15H18N4/c1-2-11-5-3-4-6-13(11)19-15-9-14(16-10-17-15)18-12-7-8-12/h3-6,9-10,12H,2,7-8H2,1H3,(H2,16,17,18,19). The Morgan fingerprint density at radius 2 is 1.95 bits per heavy atom. The maximum atomic E-state index is 4.28. The van der Waals surface area contributed by atoms with Crippen LogP contribution in [0.4, 0.5) is 17.3 Å². The van der Waals surface area contributed by atoms with Crippen LogP contribution in [0.3, 0.4) is 0 Å². The van der Waals surface area contributed by atoms with Crippen LogP contribution in [0.1, 0.15) is 25.3 Å². The minimum atomic E-state index is 0.602. The van der Waals surface area contributed by atoms with Gasteiger partial charge in [-0.3, -0.25) is 0 Å². The van der Waals surface area contributed by atoms with E-state index in [1.165, 1.54) is 18.4 Å². The van der Waals surface area contributed by atoms with E-state index in [1.807, 2.05) is 12.1 Å². The van der Waals surface area contributed by atoms with Crippen LogP contribution in [0.2, 0.25) is 0 Å². The van der Waals surface area contributed by atoms with Crippen molar-refractivity contribution in [3.63, 3.8) is 0 Å². The van der Waals surface area contributed by atoms with Crippen molar-refractivity contribution >= 4 is 17.3 Å². The minimum Gasteiger partial charge on any atom is -0.367 e. The van der Waals surface area contributed by atoms with Crippen molar-refractivity contribution in [2.45, 2.75) is 32.2 Å². The predicted molar refractivity (Wildman–Crippen MR) is 77.8 cm³/mol. The highest BCUT2D eigenvalue weighted by molar-refractivity contribution is 5.62. The monoisotopic (exact) mass is 254 g/mol. The first-order chi connectivity index (χ1) is 9.35. The SMILES string of the molecule is CCc1ccccc1Nc1cc(NC2CC2)ncn1. The van der Waals surface area contributed by atoms with Crippen LogP contribution < -0.4 is 10.6 Å². The van der Waals surface area contributed by atoms with Gasteiger partial charge < -0.3 is 10.6 Å². The zero-order valence-corrected chi connectivity index (χ0v) is 11.1. The fourth-order valence-corrected chi connectivity index (χ4v) is 2.03. The highest BCUT2D eigenvalue weighted by Gasteiger charge is 2.21. The summed E-state index contributed by atoms with van der Waals surface area (Å²) in [5, 5.41) is 6.75. The normalized spacial score (nSPS) is 14.2. The molecule has 0 aliphatic heterocycles. The topological polar surface area (TPSA) is 49.8 Å². The second kappa shape index (κ2) is 5.26. The molecule has 4 heteroatoms. The first-order valence-corrected chi connectivity index (χ1v) is 6.78. The number of nitrogens with zero attached hydrogens (tertiary/aromatic N) is 2. The lowest BCUT2D eigenvalue weighted by atomic mass is 10.1. The van der Waals surface area contributed by atoms with Crippen LogP contribution in [0.5, 0.6) is 0 Å². The van der Waals surface area contributed by atoms with Crippen LogP contribution >= 0.6 is 0 Å². The van der Waals surface area contributed by atoms with Crippen LogP contribution in [-0.2, 0) is 6.42 Å². The van der Waals surface area contributed by atoms with E-state index in [0.717, 1.165) is 23.7 Å². The van der Waals surface area contributed by atoms with E-state index < -0.39 is 0 Å². The lowest BCUT2D eigenvalue weighted by molar-refractivity contribution is 1.08. The molecule has 0 radical (unpaired) electrons. The Morgan fingerprint density at radius 3 is 2.74 bits per heavy atom. The molecule has 1 aromatic carbocycles. The summed E-state index contributed by atoms with van der Waals surface area (Å²) in [7, 11) is 0. The maximum absolute atomic E-state index is 4.28. The van der Waals surface area contributed by atoms with Crippen molar-refractivity contribution < 1.29 is 0 Å². The predicted octanol–water partition coefficient (Wildman–Crippen LogP) is 3.36. The average Bonchev–Trinajstić information content (AvgIpc) is 3.24. The van der Waals surface area contributed by atoms with Crippen molar-refractivity contribution in [1.29, 1.82) is 0 Å². The summed E-state index contributed by atoms with van der Waals surface area (Å²) in [4.78, 5) is 8.52. The molecule has 0 amide bonds. The number of hydrogen-bond donors (Lipinski definition) is 2. The molecule has 1 fully saturated rings. The Labute approximate surface area is 113 Å². The van der Waals surface area contributed by atoms with E-state index in [9.17, 15) is 0 Å². The van der Waals surface area contributed by atoms with Gasteiger partial charge in [0.1, 0.15) is 18.0 Å². The molecule has 98 valence electrons. The number of aryl methyl sites for hydroxylation is 1. The molecule has 2 N–H and O–H groups in total. The molecule has 0 bridgehead atoms. The Hall–Kier alpha value is -2.10. The maximum Gasteiger partial charge on any atom is 0.135 e. The van der Waals surface area contributed by atoms with Gasteiger partial charge in [0.25, 0.3) is 0 Å². The molecule has 1 saturated carbocycles. The van der Waals surface area contributed by atoms with Gasteiger partial charge in [0.15, 0.2) is 0 Å². The quantitative estimate of drug-likeness (QED) is 0.859. The van der Waals surface area contributed by atoms with E-state index in [0.29, 0.717) is 6.04 Å². The van der Waals surface area contributed by atoms with Gasteiger partial charge in [0, 0.05) is 17.8 Å². The molecule has 4 nitrogen and oxygen atoms in total. The summed E-state index contributed by atoms with van der Waals surface area (Å²) >= 11 is 0. The highest BCUT2D eigenvalue weighted by Crippen LogP contribution is 2.25. The summed E-state index contributed by atoms with van der Waals surface area (Å²) in [5.74, 6) is 1.73. The first kappa shape index (κ1) is 12.0. The first-order valence-electron chi connectivity index (χ1n) is 6.78. The second-order valence-electron chi connectivity index (χ2n) is 4.84. The van der Waals surface area contributed by atoms with Crippen molar-refractivity contribution in [1.82, 2.24) is 9.97 Å². The number of aromatic nitrogens is 2. The largest absolute Gasteiger partial charge is 0.367 e. The van der Waals surface area contributed by atoms with Crippen LogP contribution in [-0.4, -0.2) is 16.0 Å². The number of nitrogens with one attached hydrogen (secondary N) is 2. The van der Waals surface area contributed by atoms with Crippen molar-refractivity contribution in [3.05, 3.63) is 42.2 Å². The molecule has 2 aromatic rings. The van der Waals surface area contributed by atoms with Gasteiger partial charge in [-0.15, -0.1) is 0 Å². The van der Waals surface area contributed by atoms with Crippen molar-refractivity contribution in [2.24, 2.45) is 0 Å². The molecule has 0 saturated heterocycles. The molecule has 1 aromatic heterocycles. The third-order valence-electron chi connectivity index (χ3n) is 3.26. The number of para-hydroxylation sites is 1. The van der Waals surface area contributed by atoms with Crippen LogP contribution in [0.15, 0.2) is 36.7 Å². The number of hydrogen-bond acceptors (Lipinski definition) is 4. The van der Waals surface area contributed by atoms with Crippen molar-refractivity contribution in [2.75, 3.05) is 10.6 Å². The smallest absolute Gasteiger partial charge is 0.135 e. The number of rotatable bonds is 5. The Bertz CT molecular complexity index is 564. The minimum absolute atomic E-state index is 0.602. The van der Waals surface area contributed by atoms with Gasteiger partial charge in [-0.2, -0.15) is 0 Å². The van der Waals surface area contributed by atoms with E-state index >= 15 is 0 Å². The van der Waals surface area contributed by atoms with Gasteiger partial charge in [-0.1, -0.05) is 25.1 Å². The average molecular weight is 254 g/mol. The second-order valence-corrected chi connectivity index (χ2v) is 4.84. The van der Waals surface area contributed by atoms with E-state index in [2.05, 4.69) is 45.7 Å². The lowest BCUT2D eigenvalue weighted by Gasteiger charge is -2.11. The fourth-order valence-electron chi connectivity index (χ4n) is 2.03. The van der Waals surface area contributed by atoms with E-state index in [1.54, 1.807) is 6.33 Å². The lowest BCUT2D eigenvalue weighted by Crippen LogP contribution is -2.04. The fraction of sp³-hybridized carbons (Fsp3) is 0.333. The van der Waals surface area contributed by atoms with Gasteiger partial charge in [-0.05, 0) is 30.9 Å². The molecule has 0 spiro atoms. The van der Waals surface area contributed by atoms with E-state index in [4.69, 9.17) is 0 Å². The third-order valence-corrected chi connectivity index (χ3v) is 3.26. The number of anilines is 3. The molecule has 0 atom stereocenters. The summed E-state index contributed by atoms with van der Waals surface area (Å²) in [5.41, 5.74) is 2.40. The van der Waals surface area contributed by atoms with Gasteiger partial charge in [-0.25, -0.2) is 9.97 Å². The van der Waals surface area contributed by atoms with Gasteiger partial charge >= 0.3 is 0 Å². The molecule has 1 aliphatic rings. The third kappa shape index (κ3) is 3.02. The summed E-state index contributed by atoms with van der Waals surface area (Å²) in [6.45, 7) is 2.15. The van der Waals surface area contributed by atoms with E-state index in [-0.39, 0.29) is 0 Å². The summed E-state index contributed by atoms with van der Waals surface area (Å²) in [6, 6.07) is 10.9. The molecule has 0 unspecified atom stereocenters. The van der Waals surface area contributed by atoms with Crippen molar-refractivity contribution in [3.8, 4) is 0 Å². The molecule has 1 heterocycles. The Morgan fingerprint density at radius 1 is 1.16 bits per heavy atom. The van der Waals surface area contributed by atoms with Gasteiger partial charge in [0.2, 0.25) is 0 Å². The Kier molecular flexibility index (Phi) is 3.31. The molecular weight excluding hydrogens is 236 g/mol. The zero-order chi connectivity index (χ0) is 13.1.